The van der Waals surface area contributed by atoms with Gasteiger partial charge in [-0.2, -0.15) is 0 Å². The number of nitrogens with two attached hydrogens (primary N) is 1. The van der Waals surface area contributed by atoms with Gasteiger partial charge < -0.3 is 20.9 Å². The van der Waals surface area contributed by atoms with E-state index in [1.54, 1.807) is 0 Å². The molecule has 102 valence electrons. The minimum Gasteiger partial charge on any atom is -0.389 e. The Kier molecular flexibility index (Phi) is 7.96. The van der Waals surface area contributed by atoms with Crippen LogP contribution in [0.2, 0.25) is 5.02 Å². The molecule has 0 aliphatic heterocycles. The van der Waals surface area contributed by atoms with Crippen molar-refractivity contribution in [2.45, 2.75) is 19.1 Å². The number of aliphatic hydroxyl groups excluding tert-OH is 1. The van der Waals surface area contributed by atoms with Crippen molar-refractivity contribution in [2.24, 2.45) is 5.73 Å². The van der Waals surface area contributed by atoms with Gasteiger partial charge in [-0.25, -0.2) is 0 Å². The number of hydrogen-bond donors (Lipinski definition) is 3. The lowest BCUT2D eigenvalue weighted by Gasteiger charge is -2.12. The molecule has 0 fully saturated rings. The van der Waals surface area contributed by atoms with Crippen molar-refractivity contribution in [1.29, 1.82) is 0 Å². The van der Waals surface area contributed by atoms with Gasteiger partial charge in [-0.1, -0.05) is 23.7 Å². The summed E-state index contributed by atoms with van der Waals surface area (Å²) in [6.45, 7) is 2.82. The van der Waals surface area contributed by atoms with E-state index in [4.69, 9.17) is 22.1 Å². The monoisotopic (exact) mass is 272 g/mol. The fourth-order valence-corrected chi connectivity index (χ4v) is 1.57. The van der Waals surface area contributed by atoms with Gasteiger partial charge in [0.2, 0.25) is 0 Å². The van der Waals surface area contributed by atoms with Crippen molar-refractivity contribution in [3.63, 3.8) is 0 Å². The average molecular weight is 273 g/mol. The highest BCUT2D eigenvalue weighted by molar-refractivity contribution is 6.30. The zero-order valence-corrected chi connectivity index (χ0v) is 11.2. The number of benzene rings is 1. The highest BCUT2D eigenvalue weighted by atomic mass is 35.5. The fraction of sp³-hybridized carbons (Fsp3) is 0.538. The summed E-state index contributed by atoms with van der Waals surface area (Å²) in [6, 6.07) is 7.47. The third kappa shape index (κ3) is 6.93. The predicted octanol–water partition coefficient (Wildman–Crippen LogP) is 1.16. The number of ether oxygens (including phenoxy) is 1. The molecule has 0 bridgehead atoms. The summed E-state index contributed by atoms with van der Waals surface area (Å²) >= 11 is 5.78. The number of nitrogens with one attached hydrogen (secondary N) is 1. The van der Waals surface area contributed by atoms with Crippen LogP contribution in [0.15, 0.2) is 24.3 Å². The first-order chi connectivity index (χ1) is 8.72. The van der Waals surface area contributed by atoms with Crippen molar-refractivity contribution in [3.05, 3.63) is 34.9 Å². The lowest BCUT2D eigenvalue weighted by atomic mass is 10.2. The van der Waals surface area contributed by atoms with Crippen LogP contribution in [0.3, 0.4) is 0 Å². The predicted molar refractivity (Wildman–Crippen MR) is 73.7 cm³/mol. The molecule has 0 amide bonds. The van der Waals surface area contributed by atoms with Crippen LogP contribution in [0.4, 0.5) is 0 Å². The Morgan fingerprint density at radius 1 is 1.33 bits per heavy atom. The quantitative estimate of drug-likeness (QED) is 0.590. The van der Waals surface area contributed by atoms with Gasteiger partial charge in [0.15, 0.2) is 0 Å². The molecule has 0 heterocycles. The first-order valence-corrected chi connectivity index (χ1v) is 6.51. The van der Waals surface area contributed by atoms with Crippen LogP contribution in [0, 0.1) is 0 Å². The standard InChI is InChI=1S/C13H21ClN2O2/c14-12-4-2-11(3-5-12)9-18-10-13(17)8-16-7-1-6-15/h2-5,13,16-17H,1,6-10,15H2. The number of hydrogen-bond acceptors (Lipinski definition) is 4. The Morgan fingerprint density at radius 3 is 2.72 bits per heavy atom. The van der Waals surface area contributed by atoms with Crippen LogP contribution in [0.5, 0.6) is 0 Å². The Balaban J connectivity index is 2.07. The molecular formula is C13H21ClN2O2. The minimum atomic E-state index is -0.491. The van der Waals surface area contributed by atoms with Crippen molar-refractivity contribution < 1.29 is 9.84 Å². The van der Waals surface area contributed by atoms with Crippen molar-refractivity contribution in [3.8, 4) is 0 Å². The van der Waals surface area contributed by atoms with E-state index >= 15 is 0 Å². The summed E-state index contributed by atoms with van der Waals surface area (Å²) in [5.41, 5.74) is 6.41. The summed E-state index contributed by atoms with van der Waals surface area (Å²) in [6.07, 6.45) is 0.424. The molecule has 0 saturated carbocycles. The molecule has 1 rings (SSSR count). The third-order valence-corrected chi connectivity index (χ3v) is 2.68. The van der Waals surface area contributed by atoms with E-state index in [1.807, 2.05) is 24.3 Å². The van der Waals surface area contributed by atoms with Crippen LogP contribution in [-0.2, 0) is 11.3 Å². The SMILES string of the molecule is NCCCNCC(O)COCc1ccc(Cl)cc1. The van der Waals surface area contributed by atoms with E-state index < -0.39 is 6.10 Å². The lowest BCUT2D eigenvalue weighted by Crippen LogP contribution is -2.31. The number of aliphatic hydroxyl groups is 1. The summed E-state index contributed by atoms with van der Waals surface area (Å²) in [7, 11) is 0. The van der Waals surface area contributed by atoms with E-state index in [0.717, 1.165) is 18.5 Å². The molecule has 5 heteroatoms. The molecule has 1 aromatic rings. The van der Waals surface area contributed by atoms with Gasteiger partial charge in [-0.3, -0.25) is 0 Å². The molecule has 0 aliphatic rings. The molecule has 1 unspecified atom stereocenters. The van der Waals surface area contributed by atoms with Gasteiger partial charge in [0, 0.05) is 11.6 Å². The summed E-state index contributed by atoms with van der Waals surface area (Å²) in [5, 5.41) is 13.5. The Bertz CT molecular complexity index is 319. The zero-order valence-electron chi connectivity index (χ0n) is 10.4. The van der Waals surface area contributed by atoms with Crippen molar-refractivity contribution in [1.82, 2.24) is 5.32 Å². The van der Waals surface area contributed by atoms with E-state index in [0.29, 0.717) is 31.3 Å². The number of halogens is 1. The third-order valence-electron chi connectivity index (χ3n) is 2.43. The topological polar surface area (TPSA) is 67.5 Å². The van der Waals surface area contributed by atoms with Gasteiger partial charge in [-0.15, -0.1) is 0 Å². The summed E-state index contributed by atoms with van der Waals surface area (Å²) in [5.74, 6) is 0. The zero-order chi connectivity index (χ0) is 13.2. The molecule has 0 aromatic heterocycles. The highest BCUT2D eigenvalue weighted by Crippen LogP contribution is 2.10. The Morgan fingerprint density at radius 2 is 2.06 bits per heavy atom. The normalized spacial score (nSPS) is 12.6. The van der Waals surface area contributed by atoms with E-state index in [2.05, 4.69) is 5.32 Å². The van der Waals surface area contributed by atoms with Crippen molar-refractivity contribution >= 4 is 11.6 Å². The van der Waals surface area contributed by atoms with E-state index in [1.165, 1.54) is 0 Å². The van der Waals surface area contributed by atoms with Crippen LogP contribution < -0.4 is 11.1 Å². The molecule has 0 spiro atoms. The molecule has 4 nitrogen and oxygen atoms in total. The Labute approximate surface area is 113 Å². The molecule has 1 atom stereocenters. The maximum Gasteiger partial charge on any atom is 0.0897 e. The molecule has 1 aromatic carbocycles. The second-order valence-electron chi connectivity index (χ2n) is 4.14. The van der Waals surface area contributed by atoms with E-state index in [9.17, 15) is 5.11 Å². The van der Waals surface area contributed by atoms with Crippen LogP contribution in [0.1, 0.15) is 12.0 Å². The minimum absolute atomic E-state index is 0.318. The molecule has 0 aliphatic carbocycles. The lowest BCUT2D eigenvalue weighted by molar-refractivity contribution is 0.0289. The molecular weight excluding hydrogens is 252 g/mol. The second kappa shape index (κ2) is 9.30. The van der Waals surface area contributed by atoms with Gasteiger partial charge >= 0.3 is 0 Å². The van der Waals surface area contributed by atoms with Gasteiger partial charge in [0.05, 0.1) is 19.3 Å². The van der Waals surface area contributed by atoms with Crippen LogP contribution in [-0.4, -0.2) is 37.5 Å². The number of rotatable bonds is 9. The maximum absolute atomic E-state index is 9.63. The summed E-state index contributed by atoms with van der Waals surface area (Å²) in [4.78, 5) is 0. The highest BCUT2D eigenvalue weighted by Gasteiger charge is 2.03. The van der Waals surface area contributed by atoms with Crippen LogP contribution >= 0.6 is 11.6 Å². The molecule has 0 radical (unpaired) electrons. The average Bonchev–Trinajstić information content (AvgIpc) is 2.37. The van der Waals surface area contributed by atoms with Gasteiger partial charge in [0.1, 0.15) is 0 Å². The fourth-order valence-electron chi connectivity index (χ4n) is 1.45. The second-order valence-corrected chi connectivity index (χ2v) is 4.58. The van der Waals surface area contributed by atoms with Gasteiger partial charge in [-0.05, 0) is 37.2 Å². The van der Waals surface area contributed by atoms with Gasteiger partial charge in [0.25, 0.3) is 0 Å². The van der Waals surface area contributed by atoms with Crippen molar-refractivity contribution in [2.75, 3.05) is 26.2 Å². The Hall–Kier alpha value is -0.650. The largest absolute Gasteiger partial charge is 0.389 e. The molecule has 18 heavy (non-hydrogen) atoms. The molecule has 4 N–H and O–H groups in total. The first-order valence-electron chi connectivity index (χ1n) is 6.13. The smallest absolute Gasteiger partial charge is 0.0897 e. The maximum atomic E-state index is 9.63. The van der Waals surface area contributed by atoms with Crippen LogP contribution in [0.25, 0.3) is 0 Å². The molecule has 0 saturated heterocycles. The first kappa shape index (κ1) is 15.4. The summed E-state index contributed by atoms with van der Waals surface area (Å²) < 4.78 is 5.42. The van der Waals surface area contributed by atoms with E-state index in [-0.39, 0.29) is 0 Å².